The van der Waals surface area contributed by atoms with Crippen LogP contribution in [-0.2, 0) is 0 Å². The van der Waals surface area contributed by atoms with Crippen molar-refractivity contribution < 1.29 is 4.79 Å². The maximum Gasteiger partial charge on any atom is 0.186 e. The van der Waals surface area contributed by atoms with Crippen molar-refractivity contribution in [3.63, 3.8) is 0 Å². The largest absolute Gasteiger partial charge is 0.330 e. The van der Waals surface area contributed by atoms with Crippen LogP contribution in [-0.4, -0.2) is 36.9 Å². The Morgan fingerprint density at radius 3 is 2.71 bits per heavy atom. The number of likely N-dealkylation sites (tertiary alicyclic amines) is 1. The van der Waals surface area contributed by atoms with Gasteiger partial charge in [-0.2, -0.15) is 0 Å². The van der Waals surface area contributed by atoms with Crippen LogP contribution < -0.4 is 5.73 Å². The van der Waals surface area contributed by atoms with Crippen LogP contribution in [0.1, 0.15) is 22.5 Å². The van der Waals surface area contributed by atoms with Crippen molar-refractivity contribution >= 4 is 29.5 Å². The summed E-state index contributed by atoms with van der Waals surface area (Å²) in [7, 11) is 0. The fourth-order valence-electron chi connectivity index (χ4n) is 2.10. The van der Waals surface area contributed by atoms with Crippen LogP contribution >= 0.6 is 23.7 Å². The van der Waals surface area contributed by atoms with Gasteiger partial charge in [0.2, 0.25) is 0 Å². The minimum absolute atomic E-state index is 0. The van der Waals surface area contributed by atoms with Crippen molar-refractivity contribution in [1.82, 2.24) is 4.90 Å². The molecule has 0 bridgehead atoms. The lowest BCUT2D eigenvalue weighted by atomic mass is 9.97. The maximum atomic E-state index is 11.9. The topological polar surface area (TPSA) is 46.3 Å². The van der Waals surface area contributed by atoms with E-state index in [1.54, 1.807) is 0 Å². The van der Waals surface area contributed by atoms with E-state index >= 15 is 0 Å². The summed E-state index contributed by atoms with van der Waals surface area (Å²) in [6.07, 6.45) is 2.27. The van der Waals surface area contributed by atoms with Crippen molar-refractivity contribution in [1.29, 1.82) is 0 Å². The Labute approximate surface area is 112 Å². The second-order valence-corrected chi connectivity index (χ2v) is 5.30. The lowest BCUT2D eigenvalue weighted by molar-refractivity contribution is 0.0902. The first-order chi connectivity index (χ1) is 7.79. The molecule has 17 heavy (non-hydrogen) atoms. The zero-order valence-electron chi connectivity index (χ0n) is 9.80. The second-order valence-electron chi connectivity index (χ2n) is 4.36. The van der Waals surface area contributed by atoms with Gasteiger partial charge in [0, 0.05) is 0 Å². The average Bonchev–Trinajstić information content (AvgIpc) is 2.83. The van der Waals surface area contributed by atoms with Crippen LogP contribution in [0.15, 0.2) is 17.5 Å². The molecule has 1 aliphatic rings. The minimum atomic E-state index is 0. The summed E-state index contributed by atoms with van der Waals surface area (Å²) >= 11 is 1.53. The number of piperidine rings is 1. The molecule has 2 heterocycles. The Kier molecular flexibility index (Phi) is 6.12. The number of carbonyl (C=O) groups excluding carboxylic acids is 1. The lowest BCUT2D eigenvalue weighted by Crippen LogP contribution is -2.38. The molecule has 1 aromatic heterocycles. The van der Waals surface area contributed by atoms with Gasteiger partial charge in [0.05, 0.1) is 11.4 Å². The predicted molar refractivity (Wildman–Crippen MR) is 74.1 cm³/mol. The molecule has 0 radical (unpaired) electrons. The lowest BCUT2D eigenvalue weighted by Gasteiger charge is -2.30. The second kappa shape index (κ2) is 7.11. The zero-order valence-corrected chi connectivity index (χ0v) is 11.4. The van der Waals surface area contributed by atoms with E-state index in [0.717, 1.165) is 37.4 Å². The summed E-state index contributed by atoms with van der Waals surface area (Å²) in [5.41, 5.74) is 5.64. The normalized spacial score (nSPS) is 17.7. The van der Waals surface area contributed by atoms with Gasteiger partial charge < -0.3 is 5.73 Å². The van der Waals surface area contributed by atoms with E-state index in [0.29, 0.717) is 12.5 Å². The first kappa shape index (κ1) is 14.6. The Morgan fingerprint density at radius 1 is 1.47 bits per heavy atom. The predicted octanol–water partition coefficient (Wildman–Crippen LogP) is 2.02. The van der Waals surface area contributed by atoms with E-state index in [2.05, 4.69) is 4.90 Å². The quantitative estimate of drug-likeness (QED) is 0.855. The molecule has 0 aliphatic carbocycles. The molecule has 0 unspecified atom stereocenters. The van der Waals surface area contributed by atoms with Gasteiger partial charge in [-0.25, -0.2) is 0 Å². The number of nitrogens with two attached hydrogens (primary N) is 1. The van der Waals surface area contributed by atoms with Gasteiger partial charge in [0.25, 0.3) is 0 Å². The van der Waals surface area contributed by atoms with Crippen molar-refractivity contribution in [2.24, 2.45) is 11.7 Å². The maximum absolute atomic E-state index is 11.9. The Balaban J connectivity index is 0.00000144. The van der Waals surface area contributed by atoms with Crippen LogP contribution in [0.25, 0.3) is 0 Å². The summed E-state index contributed by atoms with van der Waals surface area (Å²) in [6.45, 7) is 3.38. The number of rotatable bonds is 4. The molecule has 5 heteroatoms. The van der Waals surface area contributed by atoms with Gasteiger partial charge in [-0.05, 0) is 49.8 Å². The number of Topliss-reactive ketones (excluding diaryl/α,β-unsaturated/α-hetero) is 1. The summed E-state index contributed by atoms with van der Waals surface area (Å²) in [6, 6.07) is 3.83. The van der Waals surface area contributed by atoms with E-state index in [-0.39, 0.29) is 18.2 Å². The molecule has 96 valence electrons. The Morgan fingerprint density at radius 2 is 2.18 bits per heavy atom. The number of nitrogens with zero attached hydrogens (tertiary/aromatic N) is 1. The first-order valence-corrected chi connectivity index (χ1v) is 6.66. The highest BCUT2D eigenvalue weighted by Gasteiger charge is 2.20. The molecule has 0 atom stereocenters. The SMILES string of the molecule is Cl.NCC1CCN(CC(=O)c2cccs2)CC1. The summed E-state index contributed by atoms with van der Waals surface area (Å²) < 4.78 is 0. The molecule has 2 rings (SSSR count). The van der Waals surface area contributed by atoms with Crippen LogP contribution in [0.4, 0.5) is 0 Å². The Bertz CT molecular complexity index is 334. The van der Waals surface area contributed by atoms with E-state index in [1.165, 1.54) is 11.3 Å². The van der Waals surface area contributed by atoms with Crippen molar-refractivity contribution in [3.05, 3.63) is 22.4 Å². The van der Waals surface area contributed by atoms with Crippen molar-refractivity contribution in [2.45, 2.75) is 12.8 Å². The molecular weight excluding hydrogens is 256 g/mol. The fourth-order valence-corrected chi connectivity index (χ4v) is 2.76. The average molecular weight is 275 g/mol. The van der Waals surface area contributed by atoms with Crippen LogP contribution in [0.2, 0.25) is 0 Å². The van der Waals surface area contributed by atoms with Gasteiger partial charge in [-0.15, -0.1) is 23.7 Å². The van der Waals surface area contributed by atoms with Gasteiger partial charge >= 0.3 is 0 Å². The molecule has 1 aliphatic heterocycles. The molecule has 3 nitrogen and oxygen atoms in total. The fraction of sp³-hybridized carbons (Fsp3) is 0.583. The van der Waals surface area contributed by atoms with Gasteiger partial charge in [-0.3, -0.25) is 9.69 Å². The minimum Gasteiger partial charge on any atom is -0.330 e. The molecule has 1 fully saturated rings. The van der Waals surface area contributed by atoms with Crippen LogP contribution in [0.5, 0.6) is 0 Å². The smallest absolute Gasteiger partial charge is 0.186 e. The van der Waals surface area contributed by atoms with E-state index in [1.807, 2.05) is 17.5 Å². The number of halogens is 1. The molecule has 2 N–H and O–H groups in total. The van der Waals surface area contributed by atoms with Gasteiger partial charge in [0.15, 0.2) is 5.78 Å². The summed E-state index contributed by atoms with van der Waals surface area (Å²) in [4.78, 5) is 15.0. The number of hydrogen-bond acceptors (Lipinski definition) is 4. The molecule has 0 aromatic carbocycles. The number of hydrogen-bond donors (Lipinski definition) is 1. The number of ketones is 1. The molecule has 0 spiro atoms. The first-order valence-electron chi connectivity index (χ1n) is 5.78. The summed E-state index contributed by atoms with van der Waals surface area (Å²) in [5.74, 6) is 0.911. The third-order valence-corrected chi connectivity index (χ3v) is 4.11. The van der Waals surface area contributed by atoms with Crippen LogP contribution in [0, 0.1) is 5.92 Å². The number of thiophene rings is 1. The van der Waals surface area contributed by atoms with Crippen molar-refractivity contribution in [2.75, 3.05) is 26.2 Å². The molecule has 1 aromatic rings. The zero-order chi connectivity index (χ0) is 11.4. The van der Waals surface area contributed by atoms with Crippen molar-refractivity contribution in [3.8, 4) is 0 Å². The van der Waals surface area contributed by atoms with Gasteiger partial charge in [-0.1, -0.05) is 6.07 Å². The standard InChI is InChI=1S/C12H18N2OS.ClH/c13-8-10-3-5-14(6-4-10)9-11(15)12-2-1-7-16-12;/h1-2,7,10H,3-6,8-9,13H2;1H. The highest BCUT2D eigenvalue weighted by atomic mass is 35.5. The highest BCUT2D eigenvalue weighted by molar-refractivity contribution is 7.12. The monoisotopic (exact) mass is 274 g/mol. The van der Waals surface area contributed by atoms with Gasteiger partial charge in [0.1, 0.15) is 0 Å². The van der Waals surface area contributed by atoms with Crippen LogP contribution in [0.3, 0.4) is 0 Å². The molecule has 0 amide bonds. The summed E-state index contributed by atoms with van der Waals surface area (Å²) in [5, 5.41) is 1.95. The van der Waals surface area contributed by atoms with E-state index in [4.69, 9.17) is 5.73 Å². The van der Waals surface area contributed by atoms with E-state index in [9.17, 15) is 4.79 Å². The highest BCUT2D eigenvalue weighted by Crippen LogP contribution is 2.17. The Hall–Kier alpha value is -0.420. The third kappa shape index (κ3) is 4.07. The molecular formula is C12H19ClN2OS. The third-order valence-electron chi connectivity index (χ3n) is 3.20. The molecule has 1 saturated heterocycles. The molecule has 0 saturated carbocycles. The van der Waals surface area contributed by atoms with E-state index < -0.39 is 0 Å². The number of carbonyl (C=O) groups is 1.